The molecule has 2 aromatic carbocycles. The van der Waals surface area contributed by atoms with E-state index in [2.05, 4.69) is 4.90 Å². The highest BCUT2D eigenvalue weighted by Gasteiger charge is 2.16. The number of imidazole rings is 1. The lowest BCUT2D eigenvalue weighted by atomic mass is 10.3. The number of hydrogen-bond donors (Lipinski definition) is 2. The van der Waals surface area contributed by atoms with Crippen molar-refractivity contribution >= 4 is 11.0 Å². The first-order valence-electron chi connectivity index (χ1n) is 10.6. The normalized spacial score (nSPS) is 15.8. The molecule has 0 saturated carbocycles. The maximum absolute atomic E-state index is 10.7. The molecule has 8 heteroatoms. The Morgan fingerprint density at radius 2 is 1.61 bits per heavy atom. The number of para-hydroxylation sites is 4. The number of nitrogens with zero attached hydrogens (tertiary/aromatic N) is 3. The Bertz CT molecular complexity index is 1060. The lowest BCUT2D eigenvalue weighted by molar-refractivity contribution is 0.0363. The molecule has 0 radical (unpaired) electrons. The summed E-state index contributed by atoms with van der Waals surface area (Å²) in [4.78, 5) is 2.36. The van der Waals surface area contributed by atoms with Crippen LogP contribution in [-0.4, -0.2) is 71.8 Å². The third-order valence-corrected chi connectivity index (χ3v) is 5.61. The van der Waals surface area contributed by atoms with Crippen LogP contribution in [0.5, 0.6) is 11.5 Å². The Kier molecular flexibility index (Phi) is 6.91. The summed E-state index contributed by atoms with van der Waals surface area (Å²) < 4.78 is 20.4. The monoisotopic (exact) mass is 426 g/mol. The van der Waals surface area contributed by atoms with Crippen molar-refractivity contribution in [3.63, 3.8) is 0 Å². The average molecular weight is 427 g/mol. The minimum absolute atomic E-state index is 0.111. The minimum atomic E-state index is -0.766. The number of methoxy groups -OCH3 is 1. The van der Waals surface area contributed by atoms with Gasteiger partial charge in [-0.05, 0) is 24.3 Å². The Morgan fingerprint density at radius 1 is 0.968 bits per heavy atom. The van der Waals surface area contributed by atoms with Crippen molar-refractivity contribution in [1.82, 2.24) is 14.0 Å². The Morgan fingerprint density at radius 3 is 2.32 bits per heavy atom. The number of hydrogen-bond acceptors (Lipinski definition) is 6. The lowest BCUT2D eigenvalue weighted by Gasteiger charge is -2.26. The van der Waals surface area contributed by atoms with Crippen molar-refractivity contribution in [3.8, 4) is 11.5 Å². The number of rotatable bonds is 9. The molecule has 0 bridgehead atoms. The van der Waals surface area contributed by atoms with E-state index in [1.807, 2.05) is 57.7 Å². The first-order chi connectivity index (χ1) is 15.2. The summed E-state index contributed by atoms with van der Waals surface area (Å²) in [5.41, 5.74) is 2.32. The number of benzene rings is 2. The number of aliphatic hydroxyl groups excluding tert-OH is 1. The van der Waals surface area contributed by atoms with Crippen LogP contribution >= 0.6 is 0 Å². The first-order valence-corrected chi connectivity index (χ1v) is 10.6. The number of aliphatic hydroxyl groups is 1. The van der Waals surface area contributed by atoms with E-state index in [9.17, 15) is 5.11 Å². The van der Waals surface area contributed by atoms with Gasteiger partial charge in [-0.25, -0.2) is 0 Å². The van der Waals surface area contributed by atoms with Gasteiger partial charge in [0.05, 0.1) is 37.9 Å². The second-order valence-electron chi connectivity index (χ2n) is 7.64. The second-order valence-corrected chi connectivity index (χ2v) is 7.64. The molecular weight excluding hydrogens is 396 g/mol. The number of nitrogens with one attached hydrogen (secondary N) is 1. The molecule has 1 saturated heterocycles. The molecule has 4 rings (SSSR count). The van der Waals surface area contributed by atoms with Crippen LogP contribution in [0.1, 0.15) is 0 Å². The molecule has 166 valence electrons. The SMILES string of the molecule is COc1ccccc1OCC(O)Cn1c(=N)n(CCN2CCOCC2)c2ccccc21. The summed E-state index contributed by atoms with van der Waals surface area (Å²) >= 11 is 0. The Balaban J connectivity index is 1.48. The molecule has 2 heterocycles. The first kappa shape index (κ1) is 21.4. The van der Waals surface area contributed by atoms with E-state index in [1.54, 1.807) is 7.11 Å². The van der Waals surface area contributed by atoms with Gasteiger partial charge in [-0.1, -0.05) is 24.3 Å². The fourth-order valence-corrected chi connectivity index (χ4v) is 3.96. The van der Waals surface area contributed by atoms with Crippen LogP contribution in [0.3, 0.4) is 0 Å². The fourth-order valence-electron chi connectivity index (χ4n) is 3.96. The van der Waals surface area contributed by atoms with Crippen molar-refractivity contribution in [2.75, 3.05) is 46.6 Å². The molecule has 2 N–H and O–H groups in total. The van der Waals surface area contributed by atoms with Gasteiger partial charge in [-0.2, -0.15) is 0 Å². The molecule has 1 fully saturated rings. The van der Waals surface area contributed by atoms with E-state index in [1.165, 1.54) is 0 Å². The highest BCUT2D eigenvalue weighted by molar-refractivity contribution is 5.75. The lowest BCUT2D eigenvalue weighted by Crippen LogP contribution is -2.39. The van der Waals surface area contributed by atoms with Gasteiger partial charge in [0.15, 0.2) is 11.5 Å². The molecule has 31 heavy (non-hydrogen) atoms. The molecule has 0 spiro atoms. The third kappa shape index (κ3) is 4.92. The van der Waals surface area contributed by atoms with E-state index in [-0.39, 0.29) is 13.2 Å². The van der Waals surface area contributed by atoms with Gasteiger partial charge in [0.25, 0.3) is 0 Å². The average Bonchev–Trinajstić information content (AvgIpc) is 3.08. The zero-order chi connectivity index (χ0) is 21.6. The largest absolute Gasteiger partial charge is 0.493 e. The predicted octanol–water partition coefficient (Wildman–Crippen LogP) is 1.70. The van der Waals surface area contributed by atoms with Gasteiger partial charge in [-0.3, -0.25) is 10.3 Å². The Hall–Kier alpha value is -2.81. The molecule has 0 aliphatic carbocycles. The summed E-state index contributed by atoms with van der Waals surface area (Å²) in [6.07, 6.45) is -0.766. The third-order valence-electron chi connectivity index (χ3n) is 5.61. The molecular formula is C23H30N4O4. The van der Waals surface area contributed by atoms with Gasteiger partial charge in [0.1, 0.15) is 12.7 Å². The van der Waals surface area contributed by atoms with Crippen LogP contribution in [0, 0.1) is 5.41 Å². The molecule has 1 unspecified atom stereocenters. The summed E-state index contributed by atoms with van der Waals surface area (Å²) in [6, 6.07) is 15.3. The molecule has 1 atom stereocenters. The highest BCUT2D eigenvalue weighted by Crippen LogP contribution is 2.26. The van der Waals surface area contributed by atoms with Crippen LogP contribution in [-0.2, 0) is 17.8 Å². The van der Waals surface area contributed by atoms with Crippen LogP contribution in [0.4, 0.5) is 0 Å². The zero-order valence-corrected chi connectivity index (χ0v) is 17.9. The van der Waals surface area contributed by atoms with Gasteiger partial charge in [-0.15, -0.1) is 0 Å². The fraction of sp³-hybridized carbons (Fsp3) is 0.435. The van der Waals surface area contributed by atoms with Gasteiger partial charge in [0.2, 0.25) is 5.62 Å². The number of fused-ring (bicyclic) bond motifs is 1. The number of aromatic nitrogens is 2. The van der Waals surface area contributed by atoms with E-state index in [4.69, 9.17) is 19.6 Å². The van der Waals surface area contributed by atoms with Gasteiger partial charge < -0.3 is 28.5 Å². The zero-order valence-electron chi connectivity index (χ0n) is 17.9. The van der Waals surface area contributed by atoms with Crippen LogP contribution < -0.4 is 15.1 Å². The summed E-state index contributed by atoms with van der Waals surface area (Å²) in [5, 5.41) is 19.4. The topological polar surface area (TPSA) is 84.9 Å². The smallest absolute Gasteiger partial charge is 0.203 e. The van der Waals surface area contributed by atoms with Crippen LogP contribution in [0.15, 0.2) is 48.5 Å². The van der Waals surface area contributed by atoms with E-state index in [0.29, 0.717) is 17.1 Å². The Labute approximate surface area is 181 Å². The summed E-state index contributed by atoms with van der Waals surface area (Å²) in [7, 11) is 1.59. The number of ether oxygens (including phenoxy) is 3. The number of morpholine rings is 1. The highest BCUT2D eigenvalue weighted by atomic mass is 16.5. The van der Waals surface area contributed by atoms with Gasteiger partial charge >= 0.3 is 0 Å². The molecule has 1 aliphatic rings. The molecule has 1 aliphatic heterocycles. The van der Waals surface area contributed by atoms with Crippen LogP contribution in [0.25, 0.3) is 11.0 Å². The summed E-state index contributed by atoms with van der Waals surface area (Å²) in [6.45, 7) is 5.35. The quantitative estimate of drug-likeness (QED) is 0.544. The maximum atomic E-state index is 10.7. The van der Waals surface area contributed by atoms with Gasteiger partial charge in [0, 0.05) is 26.2 Å². The summed E-state index contributed by atoms with van der Waals surface area (Å²) in [5.74, 6) is 1.22. The second kappa shape index (κ2) is 10.00. The minimum Gasteiger partial charge on any atom is -0.493 e. The standard InChI is InChI=1S/C23H30N4O4/c1-29-21-8-4-5-9-22(21)31-17-18(28)16-27-20-7-3-2-6-19(20)26(23(27)24)11-10-25-12-14-30-15-13-25/h2-9,18,24,28H,10-17H2,1H3. The van der Waals surface area contributed by atoms with E-state index >= 15 is 0 Å². The molecule has 8 nitrogen and oxygen atoms in total. The van der Waals surface area contributed by atoms with Crippen molar-refractivity contribution in [1.29, 1.82) is 5.41 Å². The molecule has 3 aromatic rings. The van der Waals surface area contributed by atoms with Crippen molar-refractivity contribution in [2.45, 2.75) is 19.2 Å². The van der Waals surface area contributed by atoms with Crippen molar-refractivity contribution in [2.24, 2.45) is 0 Å². The molecule has 0 amide bonds. The van der Waals surface area contributed by atoms with Crippen LogP contribution in [0.2, 0.25) is 0 Å². The molecule has 1 aromatic heterocycles. The maximum Gasteiger partial charge on any atom is 0.203 e. The predicted molar refractivity (Wildman–Crippen MR) is 118 cm³/mol. The van der Waals surface area contributed by atoms with E-state index < -0.39 is 6.10 Å². The van der Waals surface area contributed by atoms with Crippen molar-refractivity contribution < 1.29 is 19.3 Å². The van der Waals surface area contributed by atoms with Crippen molar-refractivity contribution in [3.05, 3.63) is 54.1 Å². The van der Waals surface area contributed by atoms with E-state index in [0.717, 1.165) is 50.4 Å².